The van der Waals surface area contributed by atoms with Crippen molar-refractivity contribution < 1.29 is 9.13 Å². The van der Waals surface area contributed by atoms with Gasteiger partial charge in [0.2, 0.25) is 0 Å². The van der Waals surface area contributed by atoms with Crippen molar-refractivity contribution in [1.29, 1.82) is 0 Å². The Bertz CT molecular complexity index is 1310. The number of hydrogen-bond acceptors (Lipinski definition) is 3. The minimum Gasteiger partial charge on any atom is -0.495 e. The zero-order valence-electron chi connectivity index (χ0n) is 18.5. The summed E-state index contributed by atoms with van der Waals surface area (Å²) in [6.07, 6.45) is 7.96. The molecule has 2 aromatic carbocycles. The monoisotopic (exact) mass is 428 g/mol. The van der Waals surface area contributed by atoms with Crippen LogP contribution in [-0.2, 0) is 6.54 Å². The van der Waals surface area contributed by atoms with Crippen LogP contribution in [0.25, 0.3) is 28.6 Å². The lowest BCUT2D eigenvalue weighted by Crippen LogP contribution is -2.11. The topological polar surface area (TPSA) is 44.9 Å². The molecule has 5 rings (SSSR count). The van der Waals surface area contributed by atoms with Crippen molar-refractivity contribution in [2.75, 3.05) is 7.11 Å². The summed E-state index contributed by atoms with van der Waals surface area (Å²) in [6, 6.07) is 12.9. The first-order chi connectivity index (χ1) is 15.5. The lowest BCUT2D eigenvalue weighted by Gasteiger charge is -2.20. The van der Waals surface area contributed by atoms with E-state index in [4.69, 9.17) is 9.72 Å². The molecule has 0 aliphatic carbocycles. The number of halogens is 1. The molecule has 0 unspecified atom stereocenters. The molecule has 2 aromatic heterocycles. The Hall–Kier alpha value is -3.67. The van der Waals surface area contributed by atoms with E-state index in [0.29, 0.717) is 0 Å². The van der Waals surface area contributed by atoms with E-state index in [1.165, 1.54) is 17.7 Å². The van der Waals surface area contributed by atoms with Crippen LogP contribution >= 0.6 is 0 Å². The molecule has 5 nitrogen and oxygen atoms in total. The van der Waals surface area contributed by atoms with E-state index < -0.39 is 0 Å². The Morgan fingerprint density at radius 3 is 2.62 bits per heavy atom. The standard InChI is InChI=1S/C26H25FN4O/c1-17-15-30(16-28-17)23-11-6-19(14-24(23)32-3)13-21-5-4-12-31-25(18(2)29-26(21)31)20-7-9-22(27)10-8-20/h6-11,13-16H,4-5,12H2,1-3H3/b21-13+. The van der Waals surface area contributed by atoms with Crippen LogP contribution in [0.1, 0.15) is 35.6 Å². The molecule has 1 aliphatic heterocycles. The number of allylic oxidation sites excluding steroid dienone is 1. The van der Waals surface area contributed by atoms with E-state index in [9.17, 15) is 4.39 Å². The molecular weight excluding hydrogens is 403 g/mol. The highest BCUT2D eigenvalue weighted by Crippen LogP contribution is 2.35. The van der Waals surface area contributed by atoms with Gasteiger partial charge in [-0.3, -0.25) is 0 Å². The van der Waals surface area contributed by atoms with E-state index in [-0.39, 0.29) is 5.82 Å². The number of ether oxygens (including phenoxy) is 1. The first-order valence-corrected chi connectivity index (χ1v) is 10.8. The van der Waals surface area contributed by atoms with E-state index in [1.54, 1.807) is 13.4 Å². The number of aromatic nitrogens is 4. The number of imidazole rings is 2. The van der Waals surface area contributed by atoms with Crippen LogP contribution in [0.15, 0.2) is 55.0 Å². The van der Waals surface area contributed by atoms with Crippen LogP contribution in [-0.4, -0.2) is 26.2 Å². The summed E-state index contributed by atoms with van der Waals surface area (Å²) in [5.41, 5.74) is 7.19. The van der Waals surface area contributed by atoms with Gasteiger partial charge in [-0.1, -0.05) is 6.07 Å². The van der Waals surface area contributed by atoms with Crippen LogP contribution in [0.5, 0.6) is 5.75 Å². The highest BCUT2D eigenvalue weighted by Gasteiger charge is 2.22. The van der Waals surface area contributed by atoms with Crippen molar-refractivity contribution in [3.63, 3.8) is 0 Å². The molecule has 1 aliphatic rings. The van der Waals surface area contributed by atoms with Gasteiger partial charge in [0.15, 0.2) is 0 Å². The largest absolute Gasteiger partial charge is 0.495 e. The lowest BCUT2D eigenvalue weighted by atomic mass is 10.0. The summed E-state index contributed by atoms with van der Waals surface area (Å²) in [4.78, 5) is 9.21. The molecular formula is C26H25FN4O. The van der Waals surface area contributed by atoms with Crippen molar-refractivity contribution >= 4 is 11.6 Å². The number of hydrogen-bond donors (Lipinski definition) is 0. The zero-order chi connectivity index (χ0) is 22.2. The predicted molar refractivity (Wildman–Crippen MR) is 124 cm³/mol. The Balaban J connectivity index is 1.54. The maximum absolute atomic E-state index is 13.4. The van der Waals surface area contributed by atoms with Crippen LogP contribution < -0.4 is 4.74 Å². The predicted octanol–water partition coefficient (Wildman–Crippen LogP) is 5.83. The smallest absolute Gasteiger partial charge is 0.143 e. The number of fused-ring (bicyclic) bond motifs is 1. The second kappa shape index (κ2) is 8.11. The average molecular weight is 429 g/mol. The molecule has 0 saturated carbocycles. The van der Waals surface area contributed by atoms with Crippen molar-refractivity contribution in [1.82, 2.24) is 19.1 Å². The fraction of sp³-hybridized carbons (Fsp3) is 0.231. The first-order valence-electron chi connectivity index (χ1n) is 10.8. The van der Waals surface area contributed by atoms with E-state index in [0.717, 1.165) is 64.9 Å². The van der Waals surface area contributed by atoms with Gasteiger partial charge in [-0.05, 0) is 80.3 Å². The molecule has 0 spiro atoms. The Labute approximate surface area is 186 Å². The number of methoxy groups -OCH3 is 1. The normalized spacial score (nSPS) is 14.6. The van der Waals surface area contributed by atoms with Gasteiger partial charge in [-0.25, -0.2) is 14.4 Å². The summed E-state index contributed by atoms with van der Waals surface area (Å²) < 4.78 is 23.3. The third-order valence-corrected chi connectivity index (χ3v) is 5.91. The molecule has 0 saturated heterocycles. The Morgan fingerprint density at radius 2 is 1.91 bits per heavy atom. The molecule has 6 heteroatoms. The fourth-order valence-corrected chi connectivity index (χ4v) is 4.44. The van der Waals surface area contributed by atoms with Gasteiger partial charge in [0.1, 0.15) is 17.4 Å². The van der Waals surface area contributed by atoms with Crippen molar-refractivity contribution in [3.05, 3.63) is 83.6 Å². The number of benzene rings is 2. The van der Waals surface area contributed by atoms with E-state index in [2.05, 4.69) is 27.8 Å². The molecule has 0 N–H and O–H groups in total. The second-order valence-electron chi connectivity index (χ2n) is 8.15. The zero-order valence-corrected chi connectivity index (χ0v) is 18.5. The van der Waals surface area contributed by atoms with E-state index >= 15 is 0 Å². The fourth-order valence-electron chi connectivity index (χ4n) is 4.44. The number of rotatable bonds is 4. The molecule has 4 aromatic rings. The lowest BCUT2D eigenvalue weighted by molar-refractivity contribution is 0.413. The number of aryl methyl sites for hydroxylation is 2. The van der Waals surface area contributed by atoms with E-state index in [1.807, 2.05) is 42.8 Å². The van der Waals surface area contributed by atoms with Gasteiger partial charge in [0.25, 0.3) is 0 Å². The Morgan fingerprint density at radius 1 is 1.09 bits per heavy atom. The third-order valence-electron chi connectivity index (χ3n) is 5.91. The molecule has 162 valence electrons. The summed E-state index contributed by atoms with van der Waals surface area (Å²) in [7, 11) is 1.69. The Kier molecular flexibility index (Phi) is 5.13. The maximum Gasteiger partial charge on any atom is 0.143 e. The van der Waals surface area contributed by atoms with Gasteiger partial charge in [-0.2, -0.15) is 0 Å². The summed E-state index contributed by atoms with van der Waals surface area (Å²) in [5.74, 6) is 1.55. The summed E-state index contributed by atoms with van der Waals surface area (Å²) in [6.45, 7) is 4.89. The van der Waals surface area contributed by atoms with Gasteiger partial charge < -0.3 is 13.9 Å². The van der Waals surface area contributed by atoms with Gasteiger partial charge in [0, 0.05) is 18.3 Å². The SMILES string of the molecule is COc1cc(/C=C2\CCCn3c2nc(C)c3-c2ccc(F)cc2)ccc1-n1cnc(C)c1. The first kappa shape index (κ1) is 20.2. The molecule has 0 bridgehead atoms. The third kappa shape index (κ3) is 3.62. The molecule has 0 amide bonds. The van der Waals surface area contributed by atoms with Crippen LogP contribution in [0.3, 0.4) is 0 Å². The summed E-state index contributed by atoms with van der Waals surface area (Å²) in [5, 5.41) is 0. The van der Waals surface area contributed by atoms with Gasteiger partial charge >= 0.3 is 0 Å². The second-order valence-corrected chi connectivity index (χ2v) is 8.15. The molecule has 3 heterocycles. The van der Waals surface area contributed by atoms with Crippen molar-refractivity contribution in [2.24, 2.45) is 0 Å². The molecule has 32 heavy (non-hydrogen) atoms. The van der Waals surface area contributed by atoms with Crippen LogP contribution in [0.2, 0.25) is 0 Å². The highest BCUT2D eigenvalue weighted by molar-refractivity contribution is 5.82. The minimum absolute atomic E-state index is 0.228. The van der Waals surface area contributed by atoms with Crippen molar-refractivity contribution in [2.45, 2.75) is 33.2 Å². The number of nitrogens with zero attached hydrogens (tertiary/aromatic N) is 4. The molecule has 0 radical (unpaired) electrons. The van der Waals surface area contributed by atoms with Crippen LogP contribution in [0.4, 0.5) is 4.39 Å². The van der Waals surface area contributed by atoms with Gasteiger partial charge in [0.05, 0.1) is 36.2 Å². The summed E-state index contributed by atoms with van der Waals surface area (Å²) >= 11 is 0. The average Bonchev–Trinajstić information content (AvgIpc) is 3.37. The minimum atomic E-state index is -0.228. The van der Waals surface area contributed by atoms with Crippen molar-refractivity contribution in [3.8, 4) is 22.7 Å². The van der Waals surface area contributed by atoms with Crippen LogP contribution in [0, 0.1) is 19.7 Å². The molecule has 0 fully saturated rings. The van der Waals surface area contributed by atoms with Gasteiger partial charge in [-0.15, -0.1) is 0 Å². The maximum atomic E-state index is 13.4. The highest BCUT2D eigenvalue weighted by atomic mass is 19.1. The molecule has 0 atom stereocenters. The quantitative estimate of drug-likeness (QED) is 0.410.